The van der Waals surface area contributed by atoms with Crippen LogP contribution in [0.3, 0.4) is 0 Å². The maximum atomic E-state index is 6.30. The third-order valence-corrected chi connectivity index (χ3v) is 4.01. The Labute approximate surface area is 123 Å². The first kappa shape index (κ1) is 14.4. The van der Waals surface area contributed by atoms with E-state index in [0.717, 1.165) is 5.56 Å². The van der Waals surface area contributed by atoms with Crippen LogP contribution >= 0.6 is 23.2 Å². The molecule has 1 heterocycles. The fourth-order valence-corrected chi connectivity index (χ4v) is 2.84. The topological polar surface area (TPSA) is 50.9 Å². The van der Waals surface area contributed by atoms with Gasteiger partial charge in [0.2, 0.25) is 0 Å². The fraction of sp³-hybridized carbons (Fsp3) is 0.462. The van der Waals surface area contributed by atoms with Crippen LogP contribution in [0.5, 0.6) is 0 Å². The Balaban J connectivity index is 2.38. The van der Waals surface area contributed by atoms with Gasteiger partial charge in [-0.1, -0.05) is 23.2 Å². The molecule has 1 atom stereocenters. The molecule has 0 amide bonds. The van der Waals surface area contributed by atoms with Crippen molar-refractivity contribution in [3.63, 3.8) is 0 Å². The molecule has 4 nitrogen and oxygen atoms in total. The van der Waals surface area contributed by atoms with Crippen LogP contribution in [-0.4, -0.2) is 37.7 Å². The second kappa shape index (κ2) is 5.57. The molecule has 0 saturated heterocycles. The van der Waals surface area contributed by atoms with Crippen molar-refractivity contribution in [2.24, 2.45) is 10.7 Å². The molecule has 0 saturated carbocycles. The monoisotopic (exact) mass is 301 g/mol. The summed E-state index contributed by atoms with van der Waals surface area (Å²) >= 11 is 12.4. The molecule has 0 spiro atoms. The van der Waals surface area contributed by atoms with Gasteiger partial charge in [0.25, 0.3) is 0 Å². The van der Waals surface area contributed by atoms with Crippen molar-refractivity contribution in [2.45, 2.75) is 12.5 Å². The molecule has 1 aromatic rings. The first-order chi connectivity index (χ1) is 8.99. The minimum Gasteiger partial charge on any atom is -0.383 e. The SMILES string of the molecule is COCCN1C(N)=NCC1(C)c1cc(Cl)ccc1Cl. The average molecular weight is 302 g/mol. The lowest BCUT2D eigenvalue weighted by Gasteiger charge is -2.37. The lowest BCUT2D eigenvalue weighted by atomic mass is 9.91. The average Bonchev–Trinajstić information content (AvgIpc) is 2.67. The van der Waals surface area contributed by atoms with E-state index < -0.39 is 0 Å². The van der Waals surface area contributed by atoms with Crippen LogP contribution < -0.4 is 5.73 Å². The molecule has 0 fully saturated rings. The van der Waals surface area contributed by atoms with Gasteiger partial charge in [-0.25, -0.2) is 0 Å². The Morgan fingerprint density at radius 3 is 2.89 bits per heavy atom. The van der Waals surface area contributed by atoms with Crippen molar-refractivity contribution in [1.82, 2.24) is 4.90 Å². The maximum Gasteiger partial charge on any atom is 0.192 e. The summed E-state index contributed by atoms with van der Waals surface area (Å²) in [6.45, 7) is 3.85. The molecule has 19 heavy (non-hydrogen) atoms. The van der Waals surface area contributed by atoms with E-state index in [2.05, 4.69) is 11.9 Å². The Morgan fingerprint density at radius 2 is 2.21 bits per heavy atom. The molecule has 2 N–H and O–H groups in total. The van der Waals surface area contributed by atoms with E-state index in [0.29, 0.717) is 35.7 Å². The van der Waals surface area contributed by atoms with Gasteiger partial charge in [0.1, 0.15) is 0 Å². The summed E-state index contributed by atoms with van der Waals surface area (Å²) in [5, 5.41) is 1.32. The van der Waals surface area contributed by atoms with Crippen molar-refractivity contribution in [2.75, 3.05) is 26.8 Å². The zero-order valence-electron chi connectivity index (χ0n) is 11.0. The second-order valence-corrected chi connectivity index (χ2v) is 5.56. The van der Waals surface area contributed by atoms with Gasteiger partial charge in [-0.15, -0.1) is 0 Å². The summed E-state index contributed by atoms with van der Waals surface area (Å²) < 4.78 is 5.12. The molecule has 1 aliphatic heterocycles. The number of ether oxygens (including phenoxy) is 1. The van der Waals surface area contributed by atoms with Gasteiger partial charge < -0.3 is 15.4 Å². The lowest BCUT2D eigenvalue weighted by molar-refractivity contribution is 0.137. The van der Waals surface area contributed by atoms with Gasteiger partial charge in [-0.05, 0) is 30.7 Å². The number of halogens is 2. The molecule has 0 aromatic heterocycles. The number of hydrogen-bond acceptors (Lipinski definition) is 4. The number of nitrogens with two attached hydrogens (primary N) is 1. The standard InChI is InChI=1S/C13H17Cl2N3O/c1-13(10-7-9(14)3-4-11(10)15)8-17-12(16)18(13)5-6-19-2/h3-4,7H,5-6,8H2,1-2H3,(H2,16,17). The van der Waals surface area contributed by atoms with Crippen LogP contribution in [-0.2, 0) is 10.3 Å². The Bertz CT molecular complexity index is 507. The summed E-state index contributed by atoms with van der Waals surface area (Å²) in [7, 11) is 1.66. The minimum absolute atomic E-state index is 0.384. The summed E-state index contributed by atoms with van der Waals surface area (Å²) in [4.78, 5) is 6.34. The zero-order chi connectivity index (χ0) is 14.0. The van der Waals surface area contributed by atoms with Crippen molar-refractivity contribution < 1.29 is 4.74 Å². The molecular weight excluding hydrogens is 285 g/mol. The van der Waals surface area contributed by atoms with E-state index in [1.165, 1.54) is 0 Å². The highest BCUT2D eigenvalue weighted by atomic mass is 35.5. The number of benzene rings is 1. The van der Waals surface area contributed by atoms with E-state index in [9.17, 15) is 0 Å². The number of methoxy groups -OCH3 is 1. The van der Waals surface area contributed by atoms with Crippen molar-refractivity contribution in [1.29, 1.82) is 0 Å². The highest BCUT2D eigenvalue weighted by Gasteiger charge is 2.40. The Kier molecular flexibility index (Phi) is 4.23. The van der Waals surface area contributed by atoms with Crippen LogP contribution in [0, 0.1) is 0 Å². The summed E-state index contributed by atoms with van der Waals surface area (Å²) in [6.07, 6.45) is 0. The van der Waals surface area contributed by atoms with Gasteiger partial charge in [0, 0.05) is 23.7 Å². The molecule has 0 radical (unpaired) electrons. The van der Waals surface area contributed by atoms with E-state index in [1.807, 2.05) is 11.0 Å². The number of hydrogen-bond donors (Lipinski definition) is 1. The third-order valence-electron chi connectivity index (χ3n) is 3.45. The number of rotatable bonds is 4. The zero-order valence-corrected chi connectivity index (χ0v) is 12.5. The molecule has 104 valence electrons. The number of nitrogens with zero attached hydrogens (tertiary/aromatic N) is 2. The van der Waals surface area contributed by atoms with Crippen LogP contribution in [0.2, 0.25) is 10.0 Å². The predicted molar refractivity (Wildman–Crippen MR) is 78.9 cm³/mol. The van der Waals surface area contributed by atoms with Gasteiger partial charge in [0.15, 0.2) is 5.96 Å². The number of aliphatic imine (C=N–C) groups is 1. The Hall–Kier alpha value is -0.970. The lowest BCUT2D eigenvalue weighted by Crippen LogP contribution is -2.49. The quantitative estimate of drug-likeness (QED) is 0.929. The molecule has 1 aromatic carbocycles. The van der Waals surface area contributed by atoms with Crippen molar-refractivity contribution in [3.05, 3.63) is 33.8 Å². The first-order valence-corrected chi connectivity index (χ1v) is 6.76. The first-order valence-electron chi connectivity index (χ1n) is 6.01. The van der Waals surface area contributed by atoms with E-state index >= 15 is 0 Å². The molecule has 0 bridgehead atoms. The van der Waals surface area contributed by atoms with Crippen molar-refractivity contribution in [3.8, 4) is 0 Å². The summed E-state index contributed by atoms with van der Waals surface area (Å²) in [5.41, 5.74) is 6.51. The predicted octanol–water partition coefficient (Wildman–Crippen LogP) is 2.49. The van der Waals surface area contributed by atoms with Gasteiger partial charge in [0.05, 0.1) is 18.7 Å². The molecule has 0 aliphatic carbocycles. The summed E-state index contributed by atoms with van der Waals surface area (Å²) in [5.74, 6) is 0.510. The normalized spacial score (nSPS) is 22.7. The van der Waals surface area contributed by atoms with Crippen LogP contribution in [0.4, 0.5) is 0 Å². The smallest absolute Gasteiger partial charge is 0.192 e. The van der Waals surface area contributed by atoms with E-state index in [-0.39, 0.29) is 5.54 Å². The van der Waals surface area contributed by atoms with E-state index in [1.54, 1.807) is 19.2 Å². The van der Waals surface area contributed by atoms with Gasteiger partial charge in [-0.2, -0.15) is 0 Å². The second-order valence-electron chi connectivity index (χ2n) is 4.72. The molecule has 1 aliphatic rings. The molecule has 6 heteroatoms. The summed E-state index contributed by atoms with van der Waals surface area (Å²) in [6, 6.07) is 5.45. The van der Waals surface area contributed by atoms with Gasteiger partial charge >= 0.3 is 0 Å². The van der Waals surface area contributed by atoms with Crippen LogP contribution in [0.1, 0.15) is 12.5 Å². The van der Waals surface area contributed by atoms with Crippen LogP contribution in [0.25, 0.3) is 0 Å². The highest BCUT2D eigenvalue weighted by molar-refractivity contribution is 6.33. The maximum absolute atomic E-state index is 6.30. The minimum atomic E-state index is -0.384. The Morgan fingerprint density at radius 1 is 1.47 bits per heavy atom. The fourth-order valence-electron chi connectivity index (χ4n) is 2.34. The molecule has 1 unspecified atom stereocenters. The van der Waals surface area contributed by atoms with Crippen LogP contribution in [0.15, 0.2) is 23.2 Å². The number of guanidine groups is 1. The largest absolute Gasteiger partial charge is 0.383 e. The molecule has 2 rings (SSSR count). The molecular formula is C13H17Cl2N3O. The third kappa shape index (κ3) is 2.66. The van der Waals surface area contributed by atoms with E-state index in [4.69, 9.17) is 33.7 Å². The van der Waals surface area contributed by atoms with Crippen molar-refractivity contribution >= 4 is 29.2 Å². The van der Waals surface area contributed by atoms with Gasteiger partial charge in [-0.3, -0.25) is 4.99 Å². The highest BCUT2D eigenvalue weighted by Crippen LogP contribution is 2.37.